The van der Waals surface area contributed by atoms with E-state index < -0.39 is 0 Å². The van der Waals surface area contributed by atoms with Gasteiger partial charge in [0.15, 0.2) is 0 Å². The highest BCUT2D eigenvalue weighted by atomic mass is 127. The zero-order valence-electron chi connectivity index (χ0n) is 18.2. The summed E-state index contributed by atoms with van der Waals surface area (Å²) in [4.78, 5) is 10.6. The number of oxime groups is 1. The maximum absolute atomic E-state index is 6.13. The highest BCUT2D eigenvalue weighted by molar-refractivity contribution is 14.1. The van der Waals surface area contributed by atoms with E-state index >= 15 is 0 Å². The standard InChI is InChI=1S/C22H30IN3O2S/c1-14-10-18(12-16-11-17(23)13-24-19(14)16)27-15(2)20(29)26-22(6,7)8-9-25-28-21(3,4)5/h9-13,15H,8H2,1-7H3,(H,26,29). The Morgan fingerprint density at radius 1 is 1.28 bits per heavy atom. The Morgan fingerprint density at radius 3 is 2.62 bits per heavy atom. The van der Waals surface area contributed by atoms with Crippen LogP contribution in [0.25, 0.3) is 10.9 Å². The molecule has 0 fully saturated rings. The summed E-state index contributed by atoms with van der Waals surface area (Å²) in [6, 6.07) is 6.12. The predicted octanol–water partition coefficient (Wildman–Crippen LogP) is 5.80. The lowest BCUT2D eigenvalue weighted by Gasteiger charge is -2.29. The van der Waals surface area contributed by atoms with Gasteiger partial charge in [-0.3, -0.25) is 4.98 Å². The number of aromatic nitrogens is 1. The predicted molar refractivity (Wildman–Crippen MR) is 133 cm³/mol. The Morgan fingerprint density at radius 2 is 1.97 bits per heavy atom. The van der Waals surface area contributed by atoms with Gasteiger partial charge in [0.2, 0.25) is 0 Å². The molecule has 0 spiro atoms. The Hall–Kier alpha value is -1.48. The van der Waals surface area contributed by atoms with Crippen molar-refractivity contribution in [3.63, 3.8) is 0 Å². The van der Waals surface area contributed by atoms with Gasteiger partial charge in [-0.2, -0.15) is 0 Å². The lowest BCUT2D eigenvalue weighted by atomic mass is 10.0. The van der Waals surface area contributed by atoms with Crippen LogP contribution in [0.2, 0.25) is 0 Å². The van der Waals surface area contributed by atoms with Crippen molar-refractivity contribution < 1.29 is 9.57 Å². The smallest absolute Gasteiger partial charge is 0.146 e. The summed E-state index contributed by atoms with van der Waals surface area (Å²) < 4.78 is 7.22. The highest BCUT2D eigenvalue weighted by Gasteiger charge is 2.22. The van der Waals surface area contributed by atoms with Gasteiger partial charge in [0, 0.05) is 33.3 Å². The van der Waals surface area contributed by atoms with E-state index in [0.717, 1.165) is 25.8 Å². The molecule has 0 aliphatic rings. The van der Waals surface area contributed by atoms with E-state index in [1.165, 1.54) is 0 Å². The summed E-state index contributed by atoms with van der Waals surface area (Å²) >= 11 is 7.85. The average Bonchev–Trinajstić information content (AvgIpc) is 2.57. The minimum atomic E-state index is -0.294. The minimum absolute atomic E-state index is 0.264. The molecule has 1 atom stereocenters. The van der Waals surface area contributed by atoms with Gasteiger partial charge in [0.1, 0.15) is 22.4 Å². The van der Waals surface area contributed by atoms with E-state index in [1.807, 2.05) is 52.9 Å². The molecule has 2 aromatic rings. The lowest BCUT2D eigenvalue weighted by Crippen LogP contribution is -2.47. The van der Waals surface area contributed by atoms with Crippen molar-refractivity contribution in [1.29, 1.82) is 0 Å². The van der Waals surface area contributed by atoms with Gasteiger partial charge < -0.3 is 14.9 Å². The number of rotatable bonds is 7. The molecule has 1 aromatic heterocycles. The van der Waals surface area contributed by atoms with E-state index in [0.29, 0.717) is 11.4 Å². The second-order valence-corrected chi connectivity index (χ2v) is 10.5. The van der Waals surface area contributed by atoms with Crippen LogP contribution in [-0.2, 0) is 4.84 Å². The van der Waals surface area contributed by atoms with Crippen LogP contribution in [0.5, 0.6) is 5.75 Å². The second-order valence-electron chi connectivity index (χ2n) is 8.79. The molecule has 1 aromatic carbocycles. The van der Waals surface area contributed by atoms with Crippen molar-refractivity contribution in [1.82, 2.24) is 10.3 Å². The number of nitrogens with one attached hydrogen (secondary N) is 1. The Bertz CT molecular complexity index is 907. The first-order valence-electron chi connectivity index (χ1n) is 9.61. The number of hydrogen-bond donors (Lipinski definition) is 1. The SMILES string of the molecule is Cc1cc(OC(C)C(=S)NC(C)(C)CC=NOC(C)(C)C)cc2cc(I)cnc12. The molecule has 1 heterocycles. The topological polar surface area (TPSA) is 55.7 Å². The normalized spacial score (nSPS) is 13.5. The molecule has 29 heavy (non-hydrogen) atoms. The summed E-state index contributed by atoms with van der Waals surface area (Å²) in [5, 5.41) is 8.49. The fraction of sp³-hybridized carbons (Fsp3) is 0.500. The molecule has 0 saturated carbocycles. The quantitative estimate of drug-likeness (QED) is 0.214. The molecular formula is C22H30IN3O2S. The third-order valence-corrected chi connectivity index (χ3v) is 5.08. The zero-order chi connectivity index (χ0) is 21.8. The number of pyridine rings is 1. The fourth-order valence-electron chi connectivity index (χ4n) is 2.64. The monoisotopic (exact) mass is 527 g/mol. The van der Waals surface area contributed by atoms with Crippen LogP contribution >= 0.6 is 34.8 Å². The molecule has 0 radical (unpaired) electrons. The largest absolute Gasteiger partial charge is 0.484 e. The number of thiocarbonyl (C=S) groups is 1. The molecule has 0 aliphatic carbocycles. The van der Waals surface area contributed by atoms with Gasteiger partial charge in [-0.25, -0.2) is 0 Å². The number of fused-ring (bicyclic) bond motifs is 1. The molecular weight excluding hydrogens is 497 g/mol. The molecule has 158 valence electrons. The molecule has 0 saturated heterocycles. The molecule has 1 unspecified atom stereocenters. The van der Waals surface area contributed by atoms with Crippen LogP contribution in [0.15, 0.2) is 29.6 Å². The van der Waals surface area contributed by atoms with Gasteiger partial charge in [-0.05, 0) is 94.8 Å². The van der Waals surface area contributed by atoms with Crippen molar-refractivity contribution in [2.45, 2.75) is 72.1 Å². The van der Waals surface area contributed by atoms with Crippen molar-refractivity contribution >= 4 is 56.9 Å². The van der Waals surface area contributed by atoms with Crippen LogP contribution in [0.4, 0.5) is 0 Å². The number of nitrogens with zero attached hydrogens (tertiary/aromatic N) is 2. The third kappa shape index (κ3) is 7.70. The molecule has 0 amide bonds. The summed E-state index contributed by atoms with van der Waals surface area (Å²) in [7, 11) is 0. The Labute approximate surface area is 192 Å². The maximum Gasteiger partial charge on any atom is 0.146 e. The summed E-state index contributed by atoms with van der Waals surface area (Å²) in [6.45, 7) is 14.0. The first-order valence-corrected chi connectivity index (χ1v) is 11.1. The van der Waals surface area contributed by atoms with E-state index in [4.69, 9.17) is 21.8 Å². The van der Waals surface area contributed by atoms with Gasteiger partial charge >= 0.3 is 0 Å². The molecule has 0 bridgehead atoms. The maximum atomic E-state index is 6.13. The number of hydrogen-bond acceptors (Lipinski definition) is 5. The Balaban J connectivity index is 2.00. The molecule has 7 heteroatoms. The third-order valence-electron chi connectivity index (χ3n) is 4.06. The van der Waals surface area contributed by atoms with Gasteiger partial charge in [0.05, 0.1) is 5.52 Å². The number of halogens is 1. The van der Waals surface area contributed by atoms with Gasteiger partial charge in [0.25, 0.3) is 0 Å². The Kier molecular flexibility index (Phi) is 7.84. The second kappa shape index (κ2) is 9.55. The van der Waals surface area contributed by atoms with Crippen molar-refractivity contribution in [3.8, 4) is 5.75 Å². The van der Waals surface area contributed by atoms with Crippen LogP contribution in [0.1, 0.15) is 53.5 Å². The fourth-order valence-corrected chi connectivity index (χ4v) is 3.44. The molecule has 0 aliphatic heterocycles. The molecule has 2 rings (SSSR count). The summed E-state index contributed by atoms with van der Waals surface area (Å²) in [6.07, 6.45) is 4.05. The number of ether oxygens (including phenoxy) is 1. The van der Waals surface area contributed by atoms with E-state index in [-0.39, 0.29) is 17.2 Å². The van der Waals surface area contributed by atoms with Crippen LogP contribution in [0, 0.1) is 10.5 Å². The first-order chi connectivity index (χ1) is 13.4. The van der Waals surface area contributed by atoms with E-state index in [9.17, 15) is 0 Å². The van der Waals surface area contributed by atoms with Crippen LogP contribution < -0.4 is 10.1 Å². The number of benzene rings is 1. The van der Waals surface area contributed by atoms with Crippen molar-refractivity contribution in [3.05, 3.63) is 33.5 Å². The lowest BCUT2D eigenvalue weighted by molar-refractivity contribution is 0.00140. The van der Waals surface area contributed by atoms with E-state index in [2.05, 4.69) is 58.0 Å². The van der Waals surface area contributed by atoms with Gasteiger partial charge in [-0.1, -0.05) is 17.4 Å². The molecule has 5 nitrogen and oxygen atoms in total. The van der Waals surface area contributed by atoms with Crippen LogP contribution in [-0.4, -0.2) is 33.4 Å². The van der Waals surface area contributed by atoms with Crippen molar-refractivity contribution in [2.24, 2.45) is 5.16 Å². The van der Waals surface area contributed by atoms with E-state index in [1.54, 1.807) is 6.21 Å². The zero-order valence-corrected chi connectivity index (χ0v) is 21.1. The van der Waals surface area contributed by atoms with Crippen molar-refractivity contribution in [2.75, 3.05) is 0 Å². The highest BCUT2D eigenvalue weighted by Crippen LogP contribution is 2.25. The van der Waals surface area contributed by atoms with Gasteiger partial charge in [-0.15, -0.1) is 0 Å². The molecule has 1 N–H and O–H groups in total. The summed E-state index contributed by atoms with van der Waals surface area (Å²) in [5.74, 6) is 0.786. The summed E-state index contributed by atoms with van der Waals surface area (Å²) in [5.41, 5.74) is 1.51. The van der Waals surface area contributed by atoms with Crippen LogP contribution in [0.3, 0.4) is 0 Å². The minimum Gasteiger partial charge on any atom is -0.484 e. The number of aryl methyl sites for hydroxylation is 1. The average molecular weight is 527 g/mol. The first kappa shape index (κ1) is 23.8.